The zero-order valence-corrected chi connectivity index (χ0v) is 13.4. The first-order chi connectivity index (χ1) is 9.47. The highest BCUT2D eigenvalue weighted by Gasteiger charge is 2.07. The van der Waals surface area contributed by atoms with Crippen molar-refractivity contribution in [3.8, 4) is 0 Å². The molecule has 2 heteroatoms. The Morgan fingerprint density at radius 3 is 2.60 bits per heavy atom. The number of aromatic amines is 1. The zero-order chi connectivity index (χ0) is 14.7. The summed E-state index contributed by atoms with van der Waals surface area (Å²) < 4.78 is 0. The van der Waals surface area contributed by atoms with Crippen molar-refractivity contribution in [3.63, 3.8) is 0 Å². The summed E-state index contributed by atoms with van der Waals surface area (Å²) in [6, 6.07) is 4.65. The molecule has 1 aromatic heterocycles. The maximum absolute atomic E-state index is 3.43. The van der Waals surface area contributed by atoms with Crippen LogP contribution in [-0.4, -0.2) is 30.5 Å². The number of nitrogens with zero attached hydrogens (tertiary/aromatic N) is 1. The summed E-state index contributed by atoms with van der Waals surface area (Å²) in [7, 11) is 4.25. The Labute approximate surface area is 122 Å². The first-order valence-electron chi connectivity index (χ1n) is 7.35. The summed E-state index contributed by atoms with van der Waals surface area (Å²) >= 11 is 0. The minimum Gasteiger partial charge on any atom is -0.361 e. The summed E-state index contributed by atoms with van der Waals surface area (Å²) in [4.78, 5) is 5.66. The van der Waals surface area contributed by atoms with Crippen molar-refractivity contribution >= 4 is 10.9 Å². The third-order valence-electron chi connectivity index (χ3n) is 3.78. The second-order valence-electron chi connectivity index (χ2n) is 6.18. The molecule has 0 atom stereocenters. The fourth-order valence-electron chi connectivity index (χ4n) is 2.47. The molecule has 0 saturated carbocycles. The molecule has 1 aromatic carbocycles. The van der Waals surface area contributed by atoms with Crippen molar-refractivity contribution in [2.75, 3.05) is 20.6 Å². The lowest BCUT2D eigenvalue weighted by molar-refractivity contribution is 0.414. The van der Waals surface area contributed by atoms with Gasteiger partial charge in [0.2, 0.25) is 0 Å². The number of nitrogens with one attached hydrogen (secondary N) is 1. The molecular weight excluding hydrogens is 244 g/mol. The van der Waals surface area contributed by atoms with E-state index in [0.29, 0.717) is 0 Å². The average molecular weight is 270 g/mol. The smallest absolute Gasteiger partial charge is 0.0459 e. The molecule has 0 radical (unpaired) electrons. The predicted octanol–water partition coefficient (Wildman–Crippen LogP) is 4.09. The normalized spacial score (nSPS) is 11.3. The van der Waals surface area contributed by atoms with Crippen LogP contribution in [0.15, 0.2) is 30.0 Å². The minimum absolute atomic E-state index is 1.02. The van der Waals surface area contributed by atoms with E-state index in [0.717, 1.165) is 19.4 Å². The van der Waals surface area contributed by atoms with Crippen LogP contribution >= 0.6 is 0 Å². The van der Waals surface area contributed by atoms with E-state index in [1.807, 2.05) is 0 Å². The molecule has 0 fully saturated rings. The van der Waals surface area contributed by atoms with E-state index in [1.165, 1.54) is 33.2 Å². The Kier molecular flexibility index (Phi) is 4.66. The highest BCUT2D eigenvalue weighted by molar-refractivity contribution is 5.84. The molecule has 1 N–H and O–H groups in total. The maximum Gasteiger partial charge on any atom is 0.0459 e. The number of aromatic nitrogens is 1. The molecule has 2 rings (SSSR count). The summed E-state index contributed by atoms with van der Waals surface area (Å²) in [5.41, 5.74) is 6.87. The van der Waals surface area contributed by atoms with Crippen molar-refractivity contribution in [2.24, 2.45) is 0 Å². The molecule has 20 heavy (non-hydrogen) atoms. The Hall–Kier alpha value is -1.54. The summed E-state index contributed by atoms with van der Waals surface area (Å²) in [6.45, 7) is 7.62. The molecule has 0 spiro atoms. The second-order valence-corrected chi connectivity index (χ2v) is 6.18. The van der Waals surface area contributed by atoms with Crippen molar-refractivity contribution in [3.05, 3.63) is 46.7 Å². The highest BCUT2D eigenvalue weighted by atomic mass is 15.0. The third kappa shape index (κ3) is 3.51. The van der Waals surface area contributed by atoms with Crippen LogP contribution < -0.4 is 0 Å². The molecule has 0 bridgehead atoms. The van der Waals surface area contributed by atoms with E-state index in [1.54, 1.807) is 0 Å². The predicted molar refractivity (Wildman–Crippen MR) is 88.4 cm³/mol. The van der Waals surface area contributed by atoms with Gasteiger partial charge >= 0.3 is 0 Å². The largest absolute Gasteiger partial charge is 0.361 e. The van der Waals surface area contributed by atoms with Crippen LogP contribution in [0.25, 0.3) is 10.9 Å². The van der Waals surface area contributed by atoms with Crippen molar-refractivity contribution in [1.29, 1.82) is 0 Å². The number of aryl methyl sites for hydroxylation is 1. The molecule has 2 nitrogen and oxygen atoms in total. The zero-order valence-electron chi connectivity index (χ0n) is 13.4. The molecule has 0 amide bonds. The lowest BCUT2D eigenvalue weighted by Gasteiger charge is -2.09. The Morgan fingerprint density at radius 2 is 1.95 bits per heavy atom. The van der Waals surface area contributed by atoms with Gasteiger partial charge in [0, 0.05) is 23.6 Å². The van der Waals surface area contributed by atoms with Gasteiger partial charge in [0.15, 0.2) is 0 Å². The molecule has 2 aromatic rings. The van der Waals surface area contributed by atoms with Gasteiger partial charge in [-0.05, 0) is 76.5 Å². The van der Waals surface area contributed by atoms with Crippen LogP contribution in [0.4, 0.5) is 0 Å². The topological polar surface area (TPSA) is 19.0 Å². The number of hydrogen-bond acceptors (Lipinski definition) is 1. The second kappa shape index (κ2) is 6.27. The van der Waals surface area contributed by atoms with Crippen LogP contribution in [0.2, 0.25) is 0 Å². The van der Waals surface area contributed by atoms with E-state index in [-0.39, 0.29) is 0 Å². The molecule has 1 heterocycles. The van der Waals surface area contributed by atoms with Gasteiger partial charge in [0.25, 0.3) is 0 Å². The average Bonchev–Trinajstić information content (AvgIpc) is 2.75. The molecule has 0 aliphatic carbocycles. The quantitative estimate of drug-likeness (QED) is 0.811. The number of H-pyrrole nitrogens is 1. The third-order valence-corrected chi connectivity index (χ3v) is 3.78. The molecule has 108 valence electrons. The highest BCUT2D eigenvalue weighted by Crippen LogP contribution is 2.24. The number of benzene rings is 1. The number of rotatable bonds is 5. The van der Waals surface area contributed by atoms with Crippen LogP contribution in [-0.2, 0) is 12.8 Å². The van der Waals surface area contributed by atoms with Crippen molar-refractivity contribution in [1.82, 2.24) is 9.88 Å². The lowest BCUT2D eigenvalue weighted by Crippen LogP contribution is -2.14. The fraction of sp³-hybridized carbons (Fsp3) is 0.444. The molecule has 0 unspecified atom stereocenters. The van der Waals surface area contributed by atoms with E-state index < -0.39 is 0 Å². The Balaban J connectivity index is 2.30. The van der Waals surface area contributed by atoms with Crippen molar-refractivity contribution < 1.29 is 0 Å². The van der Waals surface area contributed by atoms with Gasteiger partial charge < -0.3 is 9.88 Å². The van der Waals surface area contributed by atoms with Crippen LogP contribution in [0, 0.1) is 6.92 Å². The first-order valence-corrected chi connectivity index (χ1v) is 7.35. The summed E-state index contributed by atoms with van der Waals surface area (Å²) in [6.07, 6.45) is 6.58. The van der Waals surface area contributed by atoms with Gasteiger partial charge in [-0.1, -0.05) is 11.6 Å². The minimum atomic E-state index is 1.02. The van der Waals surface area contributed by atoms with Crippen LogP contribution in [0.1, 0.15) is 30.5 Å². The monoisotopic (exact) mass is 270 g/mol. The van der Waals surface area contributed by atoms with Gasteiger partial charge in [-0.2, -0.15) is 0 Å². The lowest BCUT2D eigenvalue weighted by atomic mass is 10.00. The fourth-order valence-corrected chi connectivity index (χ4v) is 2.47. The van der Waals surface area contributed by atoms with E-state index in [4.69, 9.17) is 0 Å². The van der Waals surface area contributed by atoms with Crippen molar-refractivity contribution in [2.45, 2.75) is 33.6 Å². The van der Waals surface area contributed by atoms with E-state index >= 15 is 0 Å². The molecule has 0 saturated heterocycles. The van der Waals surface area contributed by atoms with Gasteiger partial charge in [-0.3, -0.25) is 0 Å². The van der Waals surface area contributed by atoms with Gasteiger partial charge in [0.1, 0.15) is 0 Å². The first kappa shape index (κ1) is 14.9. The Morgan fingerprint density at radius 1 is 1.20 bits per heavy atom. The molecule has 0 aliphatic rings. The van der Waals surface area contributed by atoms with Crippen LogP contribution in [0.3, 0.4) is 0 Å². The standard InChI is InChI=1S/C18H26N2/c1-13(2)6-7-15-11-18-17(10-14(15)3)16(12-19-18)8-9-20(4)5/h6,10-12,19H,7-9H2,1-5H3. The number of allylic oxidation sites excluding steroid dienone is 2. The van der Waals surface area contributed by atoms with Gasteiger partial charge in [-0.25, -0.2) is 0 Å². The number of fused-ring (bicyclic) bond motifs is 1. The molecule has 0 aliphatic heterocycles. The SMILES string of the molecule is CC(C)=CCc1cc2[nH]cc(CCN(C)C)c2cc1C. The Bertz CT molecular complexity index is 614. The van der Waals surface area contributed by atoms with Gasteiger partial charge in [0.05, 0.1) is 0 Å². The molecular formula is C18H26N2. The van der Waals surface area contributed by atoms with Crippen LogP contribution in [0.5, 0.6) is 0 Å². The van der Waals surface area contributed by atoms with Gasteiger partial charge in [-0.15, -0.1) is 0 Å². The van der Waals surface area contributed by atoms with E-state index in [9.17, 15) is 0 Å². The van der Waals surface area contributed by atoms with E-state index in [2.05, 4.69) is 69.2 Å². The summed E-state index contributed by atoms with van der Waals surface area (Å²) in [5, 5.41) is 1.38. The number of likely N-dealkylation sites (N-methyl/N-ethyl adjacent to an activating group) is 1. The summed E-state index contributed by atoms with van der Waals surface area (Å²) in [5.74, 6) is 0. The maximum atomic E-state index is 3.43. The number of hydrogen-bond donors (Lipinski definition) is 1.